The van der Waals surface area contributed by atoms with E-state index in [0.717, 1.165) is 12.1 Å². The maximum atomic E-state index is 11.8. The maximum Gasteiger partial charge on any atom is 0.267 e. The molecule has 2 rings (SSSR count). The minimum Gasteiger partial charge on any atom is -0.335 e. The molecular formula is C8H12N4OS. The molecule has 0 aromatic carbocycles. The molecule has 1 aliphatic heterocycles. The number of likely N-dealkylation sites (tertiary alicyclic amines) is 1. The van der Waals surface area contributed by atoms with E-state index >= 15 is 0 Å². The molecular weight excluding hydrogens is 200 g/mol. The van der Waals surface area contributed by atoms with Crippen LogP contribution in [0.4, 0.5) is 0 Å². The van der Waals surface area contributed by atoms with E-state index in [4.69, 9.17) is 5.73 Å². The summed E-state index contributed by atoms with van der Waals surface area (Å²) in [6, 6.07) is 0.143. The van der Waals surface area contributed by atoms with Crippen molar-refractivity contribution < 1.29 is 4.79 Å². The third-order valence-corrected chi connectivity index (χ3v) is 3.04. The van der Waals surface area contributed by atoms with Crippen LogP contribution in [0.2, 0.25) is 0 Å². The van der Waals surface area contributed by atoms with Gasteiger partial charge in [-0.25, -0.2) is 0 Å². The molecule has 0 bridgehead atoms. The molecule has 1 aliphatic rings. The summed E-state index contributed by atoms with van der Waals surface area (Å²) in [5, 5.41) is 3.91. The Morgan fingerprint density at radius 1 is 1.71 bits per heavy atom. The van der Waals surface area contributed by atoms with Gasteiger partial charge in [0.1, 0.15) is 4.88 Å². The zero-order valence-corrected chi connectivity index (χ0v) is 8.75. The zero-order chi connectivity index (χ0) is 10.1. The minimum absolute atomic E-state index is 0.0264. The summed E-state index contributed by atoms with van der Waals surface area (Å²) >= 11 is 1.17. The first kappa shape index (κ1) is 9.54. The van der Waals surface area contributed by atoms with E-state index < -0.39 is 0 Å². The molecule has 0 saturated carbocycles. The number of rotatable bonds is 2. The monoisotopic (exact) mass is 212 g/mol. The third kappa shape index (κ3) is 1.51. The van der Waals surface area contributed by atoms with Crippen molar-refractivity contribution in [2.75, 3.05) is 13.1 Å². The van der Waals surface area contributed by atoms with Crippen LogP contribution in [-0.4, -0.2) is 39.5 Å². The molecule has 0 atom stereocenters. The molecule has 6 heteroatoms. The SMILES string of the molecule is CCc1nnsc1C(=O)N1CC(N)C1. The van der Waals surface area contributed by atoms with Crippen molar-refractivity contribution in [3.8, 4) is 0 Å². The van der Waals surface area contributed by atoms with Gasteiger partial charge in [0.15, 0.2) is 0 Å². The Kier molecular flexibility index (Phi) is 2.47. The first-order valence-electron chi connectivity index (χ1n) is 4.58. The second-order valence-electron chi connectivity index (χ2n) is 3.37. The van der Waals surface area contributed by atoms with Gasteiger partial charge in [0.25, 0.3) is 5.91 Å². The highest BCUT2D eigenvalue weighted by Gasteiger charge is 2.30. The summed E-state index contributed by atoms with van der Waals surface area (Å²) in [6.07, 6.45) is 0.747. The number of hydrogen-bond donors (Lipinski definition) is 1. The maximum absolute atomic E-state index is 11.8. The van der Waals surface area contributed by atoms with Gasteiger partial charge < -0.3 is 10.6 Å². The van der Waals surface area contributed by atoms with Crippen molar-refractivity contribution in [2.45, 2.75) is 19.4 Å². The predicted octanol–water partition coefficient (Wildman–Crippen LogP) is -0.116. The average molecular weight is 212 g/mol. The summed E-state index contributed by atoms with van der Waals surface area (Å²) in [5.74, 6) is 0.0264. The quantitative estimate of drug-likeness (QED) is 0.742. The zero-order valence-electron chi connectivity index (χ0n) is 7.93. The highest BCUT2D eigenvalue weighted by molar-refractivity contribution is 7.08. The normalized spacial score (nSPS) is 16.9. The lowest BCUT2D eigenvalue weighted by molar-refractivity contribution is 0.0612. The van der Waals surface area contributed by atoms with Crippen LogP contribution in [0.15, 0.2) is 0 Å². The van der Waals surface area contributed by atoms with Crippen molar-refractivity contribution in [3.63, 3.8) is 0 Å². The molecule has 5 nitrogen and oxygen atoms in total. The Morgan fingerprint density at radius 3 is 3.00 bits per heavy atom. The van der Waals surface area contributed by atoms with Crippen molar-refractivity contribution in [1.82, 2.24) is 14.5 Å². The second-order valence-corrected chi connectivity index (χ2v) is 4.13. The van der Waals surface area contributed by atoms with Crippen molar-refractivity contribution in [1.29, 1.82) is 0 Å². The Hall–Kier alpha value is -1.01. The fraction of sp³-hybridized carbons (Fsp3) is 0.625. The second kappa shape index (κ2) is 3.62. The van der Waals surface area contributed by atoms with Gasteiger partial charge in [-0.3, -0.25) is 4.79 Å². The van der Waals surface area contributed by atoms with Crippen LogP contribution >= 0.6 is 11.5 Å². The first-order valence-corrected chi connectivity index (χ1v) is 5.35. The van der Waals surface area contributed by atoms with Gasteiger partial charge in [0.2, 0.25) is 0 Å². The van der Waals surface area contributed by atoms with Crippen LogP contribution in [-0.2, 0) is 6.42 Å². The molecule has 0 radical (unpaired) electrons. The predicted molar refractivity (Wildman–Crippen MR) is 53.2 cm³/mol. The Balaban J connectivity index is 2.11. The van der Waals surface area contributed by atoms with Crippen LogP contribution in [0.5, 0.6) is 0 Å². The van der Waals surface area contributed by atoms with Gasteiger partial charge in [-0.05, 0) is 18.0 Å². The lowest BCUT2D eigenvalue weighted by Crippen LogP contribution is -2.57. The highest BCUT2D eigenvalue weighted by Crippen LogP contribution is 2.17. The molecule has 0 spiro atoms. The molecule has 76 valence electrons. The summed E-state index contributed by atoms with van der Waals surface area (Å²) in [4.78, 5) is 14.2. The Labute approximate surface area is 86.1 Å². The molecule has 1 saturated heterocycles. The number of amides is 1. The van der Waals surface area contributed by atoms with Crippen molar-refractivity contribution >= 4 is 17.4 Å². The lowest BCUT2D eigenvalue weighted by Gasteiger charge is -2.36. The average Bonchev–Trinajstić information content (AvgIpc) is 2.59. The van der Waals surface area contributed by atoms with Crippen LogP contribution in [0.1, 0.15) is 22.3 Å². The van der Waals surface area contributed by atoms with Gasteiger partial charge >= 0.3 is 0 Å². The third-order valence-electron chi connectivity index (χ3n) is 2.28. The number of carbonyl (C=O) groups excluding carboxylic acids is 1. The smallest absolute Gasteiger partial charge is 0.267 e. The summed E-state index contributed by atoms with van der Waals surface area (Å²) in [6.45, 7) is 3.27. The highest BCUT2D eigenvalue weighted by atomic mass is 32.1. The van der Waals surface area contributed by atoms with Gasteiger partial charge in [-0.15, -0.1) is 5.10 Å². The van der Waals surface area contributed by atoms with Crippen LogP contribution in [0.3, 0.4) is 0 Å². The van der Waals surface area contributed by atoms with E-state index in [9.17, 15) is 4.79 Å². The largest absolute Gasteiger partial charge is 0.335 e. The molecule has 0 unspecified atom stereocenters. The Bertz CT molecular complexity index is 345. The fourth-order valence-corrected chi connectivity index (χ4v) is 2.14. The van der Waals surface area contributed by atoms with Gasteiger partial charge in [-0.2, -0.15) is 0 Å². The number of aryl methyl sites for hydroxylation is 1. The van der Waals surface area contributed by atoms with E-state index in [0.29, 0.717) is 18.0 Å². The van der Waals surface area contributed by atoms with E-state index in [1.807, 2.05) is 6.92 Å². The van der Waals surface area contributed by atoms with Crippen LogP contribution in [0, 0.1) is 0 Å². The number of nitrogens with two attached hydrogens (primary N) is 1. The minimum atomic E-state index is 0.0264. The molecule has 1 aromatic heterocycles. The molecule has 1 aromatic rings. The van der Waals surface area contributed by atoms with Gasteiger partial charge in [-0.1, -0.05) is 11.4 Å². The van der Waals surface area contributed by atoms with Crippen molar-refractivity contribution in [2.24, 2.45) is 5.73 Å². The summed E-state index contributed by atoms with van der Waals surface area (Å²) in [7, 11) is 0. The topological polar surface area (TPSA) is 72.1 Å². The fourth-order valence-electron chi connectivity index (χ4n) is 1.42. The van der Waals surface area contributed by atoms with Gasteiger partial charge in [0.05, 0.1) is 5.69 Å². The van der Waals surface area contributed by atoms with E-state index in [-0.39, 0.29) is 11.9 Å². The number of nitrogens with zero attached hydrogens (tertiary/aromatic N) is 3. The standard InChI is InChI=1S/C8H12N4OS/c1-2-6-7(14-11-10-6)8(13)12-3-5(9)4-12/h5H,2-4,9H2,1H3. The molecule has 0 aliphatic carbocycles. The van der Waals surface area contributed by atoms with E-state index in [1.165, 1.54) is 11.5 Å². The summed E-state index contributed by atoms with van der Waals surface area (Å²) < 4.78 is 3.79. The van der Waals surface area contributed by atoms with Gasteiger partial charge in [0, 0.05) is 19.1 Å². The number of carbonyl (C=O) groups is 1. The van der Waals surface area contributed by atoms with Crippen LogP contribution < -0.4 is 5.73 Å². The van der Waals surface area contributed by atoms with Crippen LogP contribution in [0.25, 0.3) is 0 Å². The lowest BCUT2D eigenvalue weighted by atomic mass is 10.1. The number of aromatic nitrogens is 2. The van der Waals surface area contributed by atoms with E-state index in [2.05, 4.69) is 9.59 Å². The molecule has 14 heavy (non-hydrogen) atoms. The van der Waals surface area contributed by atoms with E-state index in [1.54, 1.807) is 4.90 Å². The number of hydrogen-bond acceptors (Lipinski definition) is 5. The molecule has 1 amide bonds. The molecule has 2 N–H and O–H groups in total. The Morgan fingerprint density at radius 2 is 2.43 bits per heavy atom. The van der Waals surface area contributed by atoms with Crippen molar-refractivity contribution in [3.05, 3.63) is 10.6 Å². The molecule has 2 heterocycles. The molecule has 1 fully saturated rings. The summed E-state index contributed by atoms with van der Waals surface area (Å²) in [5.41, 5.74) is 6.40. The first-order chi connectivity index (χ1) is 6.72.